The second kappa shape index (κ2) is 7.16. The first-order valence-corrected chi connectivity index (χ1v) is 7.64. The molecule has 3 rings (SSSR count). The molecule has 0 fully saturated rings. The van der Waals surface area contributed by atoms with Crippen LogP contribution in [-0.2, 0) is 0 Å². The van der Waals surface area contributed by atoms with Crippen LogP contribution >= 0.6 is 11.6 Å². The molecule has 1 aliphatic heterocycles. The van der Waals surface area contributed by atoms with Crippen LogP contribution in [0, 0.1) is 0 Å². The molecular formula is C19H15ClO3. The van der Waals surface area contributed by atoms with E-state index in [0.717, 1.165) is 5.56 Å². The Bertz CT molecular complexity index is 763. The van der Waals surface area contributed by atoms with Gasteiger partial charge in [-0.2, -0.15) is 0 Å². The highest BCUT2D eigenvalue weighted by Gasteiger charge is 2.13. The molecule has 0 N–H and O–H groups in total. The minimum Gasteiger partial charge on any atom is -0.486 e. The zero-order chi connectivity index (χ0) is 16.1. The van der Waals surface area contributed by atoms with Crippen molar-refractivity contribution in [1.29, 1.82) is 0 Å². The van der Waals surface area contributed by atoms with Gasteiger partial charge in [-0.15, -0.1) is 0 Å². The average molecular weight is 327 g/mol. The lowest BCUT2D eigenvalue weighted by Crippen LogP contribution is -2.15. The Balaban J connectivity index is 1.72. The number of ether oxygens (including phenoxy) is 2. The van der Waals surface area contributed by atoms with Gasteiger partial charge in [0, 0.05) is 10.6 Å². The van der Waals surface area contributed by atoms with Crippen molar-refractivity contribution >= 4 is 23.5 Å². The predicted molar refractivity (Wildman–Crippen MR) is 91.2 cm³/mol. The van der Waals surface area contributed by atoms with Crippen molar-refractivity contribution < 1.29 is 14.3 Å². The fourth-order valence-corrected chi connectivity index (χ4v) is 2.39. The van der Waals surface area contributed by atoms with Crippen LogP contribution < -0.4 is 9.47 Å². The number of hydrogen-bond donors (Lipinski definition) is 0. The van der Waals surface area contributed by atoms with Gasteiger partial charge in [0.15, 0.2) is 17.3 Å². The lowest BCUT2D eigenvalue weighted by Gasteiger charge is -2.18. The van der Waals surface area contributed by atoms with Gasteiger partial charge in [0.25, 0.3) is 0 Å². The Morgan fingerprint density at radius 1 is 0.957 bits per heavy atom. The van der Waals surface area contributed by atoms with Crippen molar-refractivity contribution in [1.82, 2.24) is 0 Å². The molecule has 0 aliphatic carbocycles. The summed E-state index contributed by atoms with van der Waals surface area (Å²) >= 11 is 6.14. The van der Waals surface area contributed by atoms with Crippen LogP contribution in [0.3, 0.4) is 0 Å². The predicted octanol–water partition coefficient (Wildman–Crippen LogP) is 4.48. The van der Waals surface area contributed by atoms with Gasteiger partial charge >= 0.3 is 0 Å². The van der Waals surface area contributed by atoms with E-state index in [-0.39, 0.29) is 5.78 Å². The summed E-state index contributed by atoms with van der Waals surface area (Å²) < 4.78 is 10.9. The number of fused-ring (bicyclic) bond motifs is 1. The molecule has 1 heterocycles. The van der Waals surface area contributed by atoms with Gasteiger partial charge in [-0.25, -0.2) is 0 Å². The molecule has 0 radical (unpaired) electrons. The maximum atomic E-state index is 12.2. The fraction of sp³-hybridized carbons (Fsp3) is 0.105. The van der Waals surface area contributed by atoms with Crippen molar-refractivity contribution in [2.45, 2.75) is 0 Å². The molecule has 2 aromatic rings. The average Bonchev–Trinajstić information content (AvgIpc) is 2.60. The van der Waals surface area contributed by atoms with Crippen LogP contribution in [-0.4, -0.2) is 19.0 Å². The van der Waals surface area contributed by atoms with Crippen molar-refractivity contribution in [3.8, 4) is 11.5 Å². The summed E-state index contributed by atoms with van der Waals surface area (Å²) in [6.07, 6.45) is 4.84. The molecule has 3 nitrogen and oxygen atoms in total. The van der Waals surface area contributed by atoms with Crippen molar-refractivity contribution in [2.24, 2.45) is 0 Å². The molecule has 0 atom stereocenters. The first kappa shape index (κ1) is 15.4. The van der Waals surface area contributed by atoms with Crippen LogP contribution in [0.1, 0.15) is 15.9 Å². The van der Waals surface area contributed by atoms with Crippen molar-refractivity contribution in [3.63, 3.8) is 0 Å². The van der Waals surface area contributed by atoms with Gasteiger partial charge in [0.05, 0.1) is 0 Å². The Kier molecular flexibility index (Phi) is 4.79. The number of carbonyl (C=O) groups is 1. The molecule has 0 saturated heterocycles. The maximum absolute atomic E-state index is 12.2. The summed E-state index contributed by atoms with van der Waals surface area (Å²) in [5.41, 5.74) is 1.52. The smallest absolute Gasteiger partial charge is 0.186 e. The zero-order valence-electron chi connectivity index (χ0n) is 12.4. The summed E-state index contributed by atoms with van der Waals surface area (Å²) in [7, 11) is 0. The number of carbonyl (C=O) groups excluding carboxylic acids is 1. The Morgan fingerprint density at radius 3 is 2.48 bits per heavy atom. The third-order valence-corrected chi connectivity index (χ3v) is 3.56. The zero-order valence-corrected chi connectivity index (χ0v) is 13.1. The molecule has 0 spiro atoms. The number of hydrogen-bond acceptors (Lipinski definition) is 3. The molecule has 0 unspecified atom stereocenters. The van der Waals surface area contributed by atoms with Crippen molar-refractivity contribution in [3.05, 3.63) is 76.8 Å². The molecule has 1 aliphatic rings. The molecular weight excluding hydrogens is 312 g/mol. The molecule has 4 heteroatoms. The summed E-state index contributed by atoms with van der Waals surface area (Å²) in [5, 5.41) is 0.488. The third-order valence-electron chi connectivity index (χ3n) is 3.32. The van der Waals surface area contributed by atoms with E-state index in [1.807, 2.05) is 30.3 Å². The highest BCUT2D eigenvalue weighted by molar-refractivity contribution is 6.33. The third kappa shape index (κ3) is 4.02. The van der Waals surface area contributed by atoms with Gasteiger partial charge < -0.3 is 9.47 Å². The van der Waals surface area contributed by atoms with Gasteiger partial charge in [0.2, 0.25) is 0 Å². The number of rotatable bonds is 4. The number of benzene rings is 2. The van der Waals surface area contributed by atoms with E-state index in [9.17, 15) is 4.79 Å². The van der Waals surface area contributed by atoms with Crippen LogP contribution in [0.5, 0.6) is 11.5 Å². The number of allylic oxidation sites excluding steroid dienone is 3. The van der Waals surface area contributed by atoms with E-state index in [1.165, 1.54) is 6.08 Å². The summed E-state index contributed by atoms with van der Waals surface area (Å²) in [6, 6.07) is 14.8. The van der Waals surface area contributed by atoms with E-state index < -0.39 is 0 Å². The Morgan fingerprint density at radius 2 is 1.70 bits per heavy atom. The molecule has 0 bridgehead atoms. The van der Waals surface area contributed by atoms with Crippen LogP contribution in [0.4, 0.5) is 0 Å². The Hall–Kier alpha value is -2.52. The molecule has 116 valence electrons. The normalized spacial score (nSPS) is 14.0. The van der Waals surface area contributed by atoms with Gasteiger partial charge in [-0.3, -0.25) is 4.79 Å². The number of halogens is 1. The van der Waals surface area contributed by atoms with E-state index in [4.69, 9.17) is 21.1 Å². The van der Waals surface area contributed by atoms with Gasteiger partial charge in [-0.05, 0) is 42.0 Å². The SMILES string of the molecule is O=C(/C=C\C(Cl)=C\c1ccccc1)c1ccc2c(c1)OCCO2. The molecule has 2 aromatic carbocycles. The first-order valence-electron chi connectivity index (χ1n) is 7.27. The maximum Gasteiger partial charge on any atom is 0.186 e. The van der Waals surface area contributed by atoms with Gasteiger partial charge in [-0.1, -0.05) is 41.9 Å². The van der Waals surface area contributed by atoms with Crippen LogP contribution in [0.15, 0.2) is 65.7 Å². The van der Waals surface area contributed by atoms with Crippen LogP contribution in [0.2, 0.25) is 0 Å². The van der Waals surface area contributed by atoms with Gasteiger partial charge in [0.1, 0.15) is 13.2 Å². The molecule has 0 saturated carbocycles. The molecule has 0 aromatic heterocycles. The lowest BCUT2D eigenvalue weighted by molar-refractivity contribution is 0.104. The van der Waals surface area contributed by atoms with E-state index in [0.29, 0.717) is 35.3 Å². The summed E-state index contributed by atoms with van der Waals surface area (Å²) in [5.74, 6) is 1.13. The Labute approximate surface area is 139 Å². The second-order valence-electron chi connectivity index (χ2n) is 5.00. The highest BCUT2D eigenvalue weighted by atomic mass is 35.5. The topological polar surface area (TPSA) is 35.5 Å². The fourth-order valence-electron chi connectivity index (χ4n) is 2.20. The minimum atomic E-state index is -0.137. The monoisotopic (exact) mass is 326 g/mol. The highest BCUT2D eigenvalue weighted by Crippen LogP contribution is 2.31. The standard InChI is InChI=1S/C19H15ClO3/c20-16(12-14-4-2-1-3-5-14)7-8-17(21)15-6-9-18-19(13-15)23-11-10-22-18/h1-9,12-13H,10-11H2/b8-7-,16-12-. The summed E-state index contributed by atoms with van der Waals surface area (Å²) in [6.45, 7) is 1.02. The lowest BCUT2D eigenvalue weighted by atomic mass is 10.1. The second-order valence-corrected chi connectivity index (χ2v) is 5.43. The van der Waals surface area contributed by atoms with E-state index >= 15 is 0 Å². The largest absolute Gasteiger partial charge is 0.486 e. The minimum absolute atomic E-state index is 0.137. The van der Waals surface area contributed by atoms with E-state index in [2.05, 4.69) is 0 Å². The molecule has 23 heavy (non-hydrogen) atoms. The summed E-state index contributed by atoms with van der Waals surface area (Å²) in [4.78, 5) is 12.2. The molecule has 0 amide bonds. The van der Waals surface area contributed by atoms with E-state index in [1.54, 1.807) is 30.4 Å². The van der Waals surface area contributed by atoms with Crippen molar-refractivity contribution in [2.75, 3.05) is 13.2 Å². The quantitative estimate of drug-likeness (QED) is 0.472. The van der Waals surface area contributed by atoms with Crippen LogP contribution in [0.25, 0.3) is 6.08 Å². The number of ketones is 1. The first-order chi connectivity index (χ1) is 11.2.